The molecule has 1 aliphatic heterocycles. The van der Waals surface area contributed by atoms with Crippen molar-refractivity contribution in [1.82, 2.24) is 4.90 Å². The van der Waals surface area contributed by atoms with E-state index in [-0.39, 0.29) is 23.3 Å². The molecule has 0 bridgehead atoms. The van der Waals surface area contributed by atoms with Gasteiger partial charge in [0, 0.05) is 24.2 Å². The summed E-state index contributed by atoms with van der Waals surface area (Å²) >= 11 is 0. The van der Waals surface area contributed by atoms with Crippen molar-refractivity contribution in [3.05, 3.63) is 41.5 Å². The molecule has 3 aliphatic carbocycles. The Morgan fingerprint density at radius 1 is 1.03 bits per heavy atom. The molecule has 166 valence electrons. The lowest BCUT2D eigenvalue weighted by Gasteiger charge is -2.60. The van der Waals surface area contributed by atoms with E-state index in [4.69, 9.17) is 0 Å². The Balaban J connectivity index is 1.47. The van der Waals surface area contributed by atoms with Crippen molar-refractivity contribution in [3.63, 3.8) is 0 Å². The van der Waals surface area contributed by atoms with Gasteiger partial charge in [-0.1, -0.05) is 44.0 Å². The van der Waals surface area contributed by atoms with Crippen LogP contribution in [-0.4, -0.2) is 29.8 Å². The van der Waals surface area contributed by atoms with Gasteiger partial charge in [0.15, 0.2) is 0 Å². The van der Waals surface area contributed by atoms with Crippen molar-refractivity contribution >= 4 is 17.5 Å². The van der Waals surface area contributed by atoms with Gasteiger partial charge in [-0.15, -0.1) is 0 Å². The van der Waals surface area contributed by atoms with E-state index in [1.54, 1.807) is 0 Å². The summed E-state index contributed by atoms with van der Waals surface area (Å²) in [4.78, 5) is 28.3. The lowest BCUT2D eigenvalue weighted by molar-refractivity contribution is -0.141. The van der Waals surface area contributed by atoms with Crippen LogP contribution in [0.1, 0.15) is 64.4 Å². The third-order valence-corrected chi connectivity index (χ3v) is 9.54. The van der Waals surface area contributed by atoms with Gasteiger partial charge in [0.05, 0.1) is 0 Å². The summed E-state index contributed by atoms with van der Waals surface area (Å²) in [5.41, 5.74) is 2.58. The Kier molecular flexibility index (Phi) is 4.84. The highest BCUT2D eigenvalue weighted by Gasteiger charge is 2.59. The van der Waals surface area contributed by atoms with Crippen LogP contribution in [0.5, 0.6) is 0 Å². The van der Waals surface area contributed by atoms with Gasteiger partial charge in [0.2, 0.25) is 0 Å². The van der Waals surface area contributed by atoms with Crippen LogP contribution in [0.3, 0.4) is 0 Å². The minimum absolute atomic E-state index is 0.130. The van der Waals surface area contributed by atoms with Gasteiger partial charge >= 0.3 is 0 Å². The number of carbonyl (C=O) groups excluding carboxylic acids is 2. The van der Waals surface area contributed by atoms with Gasteiger partial charge in [-0.05, 0) is 80.8 Å². The standard InChI is InChI=1S/C27H36N2O2/c1-17-7-9-18(10-8-17)28-24(30)20-16-27(3)22-13-15-26(2)14-5-6-21(26)19(22)11-12-23(27)29(4)25(20)31/h7-10,16,19,21-23H,5-6,11-15H2,1-4H3,(H,28,30)/t19-,21-,22+,23?,26-,27+/m0/s1. The number of likely N-dealkylation sites (N-methyl/N-ethyl adjacent to an activating group) is 1. The van der Waals surface area contributed by atoms with Crippen molar-refractivity contribution in [2.24, 2.45) is 28.6 Å². The highest BCUT2D eigenvalue weighted by Crippen LogP contribution is 2.64. The Hall–Kier alpha value is -2.10. The normalized spacial score (nSPS) is 39.3. The minimum atomic E-state index is -0.274. The molecule has 31 heavy (non-hydrogen) atoms. The first-order chi connectivity index (χ1) is 14.7. The molecule has 1 N–H and O–H groups in total. The van der Waals surface area contributed by atoms with Crippen LogP contribution in [-0.2, 0) is 9.59 Å². The number of benzene rings is 1. The summed E-state index contributed by atoms with van der Waals surface area (Å²) in [6.45, 7) is 6.87. The molecule has 1 aromatic carbocycles. The van der Waals surface area contributed by atoms with Crippen LogP contribution in [0.2, 0.25) is 0 Å². The largest absolute Gasteiger partial charge is 0.338 e. The highest BCUT2D eigenvalue weighted by atomic mass is 16.2. The Bertz CT molecular complexity index is 935. The molecule has 4 heteroatoms. The second-order valence-electron chi connectivity index (χ2n) is 11.2. The molecule has 4 aliphatic rings. The molecule has 1 heterocycles. The molecule has 3 fully saturated rings. The zero-order chi connectivity index (χ0) is 22.0. The number of hydrogen-bond donors (Lipinski definition) is 1. The van der Waals surface area contributed by atoms with Crippen LogP contribution >= 0.6 is 0 Å². The molecule has 6 atom stereocenters. The van der Waals surface area contributed by atoms with E-state index in [1.807, 2.05) is 43.1 Å². The number of rotatable bonds is 2. The second kappa shape index (κ2) is 7.21. The van der Waals surface area contributed by atoms with E-state index in [2.05, 4.69) is 25.2 Å². The number of nitrogens with one attached hydrogen (secondary N) is 1. The van der Waals surface area contributed by atoms with E-state index in [0.717, 1.165) is 29.5 Å². The number of aryl methyl sites for hydroxylation is 1. The summed E-state index contributed by atoms with van der Waals surface area (Å²) in [5, 5.41) is 2.96. The Morgan fingerprint density at radius 3 is 2.52 bits per heavy atom. The number of amides is 2. The van der Waals surface area contributed by atoms with Crippen LogP contribution < -0.4 is 5.32 Å². The molecule has 0 saturated heterocycles. The van der Waals surface area contributed by atoms with Crippen LogP contribution in [0.15, 0.2) is 35.9 Å². The monoisotopic (exact) mass is 420 g/mol. The summed E-state index contributed by atoms with van der Waals surface area (Å²) in [7, 11) is 1.90. The van der Waals surface area contributed by atoms with Crippen molar-refractivity contribution in [2.45, 2.75) is 71.8 Å². The number of hydrogen-bond acceptors (Lipinski definition) is 2. The van der Waals surface area contributed by atoms with Gasteiger partial charge in [-0.25, -0.2) is 0 Å². The number of fused-ring (bicyclic) bond motifs is 5. The maximum Gasteiger partial charge on any atom is 0.260 e. The fourth-order valence-corrected chi connectivity index (χ4v) is 7.88. The van der Waals surface area contributed by atoms with Gasteiger partial charge in [-0.2, -0.15) is 0 Å². The molecular formula is C27H36N2O2. The van der Waals surface area contributed by atoms with Crippen LogP contribution in [0.25, 0.3) is 0 Å². The van der Waals surface area contributed by atoms with Gasteiger partial charge in [-0.3, -0.25) is 9.59 Å². The van der Waals surface area contributed by atoms with E-state index in [1.165, 1.54) is 38.5 Å². The molecule has 4 nitrogen and oxygen atoms in total. The molecular weight excluding hydrogens is 384 g/mol. The molecule has 0 spiro atoms. The Morgan fingerprint density at radius 2 is 1.77 bits per heavy atom. The maximum atomic E-state index is 13.2. The van der Waals surface area contributed by atoms with Crippen molar-refractivity contribution in [1.29, 1.82) is 0 Å². The predicted molar refractivity (Wildman–Crippen MR) is 123 cm³/mol. The van der Waals surface area contributed by atoms with E-state index >= 15 is 0 Å². The zero-order valence-electron chi connectivity index (χ0n) is 19.4. The fourth-order valence-electron chi connectivity index (χ4n) is 7.88. The first kappa shape index (κ1) is 20.8. The van der Waals surface area contributed by atoms with Gasteiger partial charge < -0.3 is 10.2 Å². The number of carbonyl (C=O) groups is 2. The SMILES string of the molecule is Cc1ccc(NC(=O)C2=C[C@@]3(C)C(CC[C@@H]4[C@H]3CC[C@]3(C)CCC[C@@H]43)N(C)C2=O)cc1. The van der Waals surface area contributed by atoms with Crippen LogP contribution in [0.4, 0.5) is 5.69 Å². The summed E-state index contributed by atoms with van der Waals surface area (Å²) in [6.07, 6.45) is 11.0. The average Bonchev–Trinajstić information content (AvgIpc) is 3.14. The lowest BCUT2D eigenvalue weighted by Crippen LogP contribution is -2.60. The molecule has 2 amide bonds. The molecule has 1 unspecified atom stereocenters. The summed E-state index contributed by atoms with van der Waals surface area (Å²) < 4.78 is 0. The number of nitrogens with zero attached hydrogens (tertiary/aromatic N) is 1. The molecule has 1 aromatic rings. The summed E-state index contributed by atoms with van der Waals surface area (Å²) in [5.74, 6) is 1.68. The predicted octanol–water partition coefficient (Wildman–Crippen LogP) is 5.33. The molecule has 0 aromatic heterocycles. The fraction of sp³-hybridized carbons (Fsp3) is 0.630. The minimum Gasteiger partial charge on any atom is -0.338 e. The number of anilines is 1. The topological polar surface area (TPSA) is 49.4 Å². The van der Waals surface area contributed by atoms with Gasteiger partial charge in [0.25, 0.3) is 11.8 Å². The first-order valence-electron chi connectivity index (χ1n) is 12.1. The highest BCUT2D eigenvalue weighted by molar-refractivity contribution is 6.23. The zero-order valence-corrected chi connectivity index (χ0v) is 19.4. The molecule has 5 rings (SSSR count). The second-order valence-corrected chi connectivity index (χ2v) is 11.2. The Labute approximate surface area is 186 Å². The lowest BCUT2D eigenvalue weighted by atomic mass is 9.48. The summed E-state index contributed by atoms with van der Waals surface area (Å²) in [6, 6.07) is 7.94. The smallest absolute Gasteiger partial charge is 0.260 e. The van der Waals surface area contributed by atoms with E-state index in [0.29, 0.717) is 16.9 Å². The quantitative estimate of drug-likeness (QED) is 0.657. The van der Waals surface area contributed by atoms with E-state index < -0.39 is 0 Å². The maximum absolute atomic E-state index is 13.2. The molecule has 3 saturated carbocycles. The third-order valence-electron chi connectivity index (χ3n) is 9.54. The third kappa shape index (κ3) is 3.16. The first-order valence-corrected chi connectivity index (χ1v) is 12.1. The van der Waals surface area contributed by atoms with Crippen molar-refractivity contribution in [3.8, 4) is 0 Å². The van der Waals surface area contributed by atoms with Crippen molar-refractivity contribution < 1.29 is 9.59 Å². The van der Waals surface area contributed by atoms with Gasteiger partial charge in [0.1, 0.15) is 5.57 Å². The van der Waals surface area contributed by atoms with Crippen LogP contribution in [0, 0.1) is 35.5 Å². The average molecular weight is 421 g/mol. The molecule has 0 radical (unpaired) electrons. The van der Waals surface area contributed by atoms with Crippen molar-refractivity contribution in [2.75, 3.05) is 12.4 Å². The van der Waals surface area contributed by atoms with E-state index in [9.17, 15) is 9.59 Å².